The van der Waals surface area contributed by atoms with Crippen LogP contribution in [0.15, 0.2) is 0 Å². The Balaban J connectivity index is 1.84. The number of carbonyl (C=O) groups excluding carboxylic acids is 1. The molecular weight excluding hydrogens is 220 g/mol. The Morgan fingerprint density at radius 1 is 1.53 bits per heavy atom. The summed E-state index contributed by atoms with van der Waals surface area (Å²) in [6.45, 7) is 4.68. The molecule has 2 N–H and O–H groups in total. The van der Waals surface area contributed by atoms with Crippen LogP contribution in [0.4, 0.5) is 4.79 Å². The van der Waals surface area contributed by atoms with Crippen molar-refractivity contribution >= 4 is 12.0 Å². The minimum absolute atomic E-state index is 0.101. The third kappa shape index (κ3) is 2.37. The molecule has 2 rings (SSSR count). The van der Waals surface area contributed by atoms with Crippen molar-refractivity contribution in [3.8, 4) is 0 Å². The minimum atomic E-state index is -0.814. The van der Waals surface area contributed by atoms with E-state index in [9.17, 15) is 9.59 Å². The number of hydrogen-bond acceptors (Lipinski definition) is 2. The summed E-state index contributed by atoms with van der Waals surface area (Å²) in [6, 6.07) is 0.208. The Labute approximate surface area is 101 Å². The zero-order valence-corrected chi connectivity index (χ0v) is 10.4. The van der Waals surface area contributed by atoms with Crippen molar-refractivity contribution in [1.29, 1.82) is 0 Å². The van der Waals surface area contributed by atoms with Gasteiger partial charge in [0.2, 0.25) is 0 Å². The smallest absolute Gasteiger partial charge is 0.317 e. The van der Waals surface area contributed by atoms with Gasteiger partial charge in [-0.05, 0) is 25.7 Å². The van der Waals surface area contributed by atoms with Crippen molar-refractivity contribution in [3.05, 3.63) is 0 Å². The molecule has 0 aromatic rings. The van der Waals surface area contributed by atoms with E-state index in [1.54, 1.807) is 11.8 Å². The third-order valence-corrected chi connectivity index (χ3v) is 4.03. The fourth-order valence-electron chi connectivity index (χ4n) is 2.43. The number of amides is 2. The fourth-order valence-corrected chi connectivity index (χ4v) is 2.43. The van der Waals surface area contributed by atoms with Gasteiger partial charge in [-0.3, -0.25) is 4.79 Å². The molecule has 96 valence electrons. The molecule has 1 aliphatic carbocycles. The van der Waals surface area contributed by atoms with Crippen LogP contribution in [-0.2, 0) is 4.79 Å². The maximum Gasteiger partial charge on any atom is 0.317 e. The molecule has 1 aliphatic heterocycles. The van der Waals surface area contributed by atoms with Gasteiger partial charge in [0.05, 0.1) is 5.41 Å². The van der Waals surface area contributed by atoms with Crippen LogP contribution in [0.25, 0.3) is 0 Å². The van der Waals surface area contributed by atoms with E-state index < -0.39 is 11.4 Å². The normalized spacial score (nSPS) is 35.8. The number of urea groups is 1. The van der Waals surface area contributed by atoms with Crippen molar-refractivity contribution < 1.29 is 14.7 Å². The Morgan fingerprint density at radius 3 is 2.71 bits per heavy atom. The molecule has 0 spiro atoms. The van der Waals surface area contributed by atoms with E-state index in [1.165, 1.54) is 0 Å². The van der Waals surface area contributed by atoms with Crippen molar-refractivity contribution in [2.75, 3.05) is 13.1 Å². The summed E-state index contributed by atoms with van der Waals surface area (Å²) in [5.74, 6) is -0.196. The number of carbonyl (C=O) groups is 2. The van der Waals surface area contributed by atoms with Crippen LogP contribution in [-0.4, -0.2) is 41.1 Å². The molecule has 5 nitrogen and oxygen atoms in total. The average molecular weight is 240 g/mol. The summed E-state index contributed by atoms with van der Waals surface area (Å²) >= 11 is 0. The minimum Gasteiger partial charge on any atom is -0.481 e. The van der Waals surface area contributed by atoms with Crippen molar-refractivity contribution in [1.82, 2.24) is 10.2 Å². The molecule has 5 heteroatoms. The molecule has 3 atom stereocenters. The number of aliphatic carboxylic acids is 1. The van der Waals surface area contributed by atoms with Crippen molar-refractivity contribution in [2.45, 2.75) is 39.2 Å². The van der Waals surface area contributed by atoms with Gasteiger partial charge in [-0.1, -0.05) is 13.3 Å². The lowest BCUT2D eigenvalue weighted by Crippen LogP contribution is -2.42. The first-order chi connectivity index (χ1) is 7.96. The molecule has 0 bridgehead atoms. The molecule has 0 aromatic heterocycles. The van der Waals surface area contributed by atoms with Gasteiger partial charge >= 0.3 is 12.0 Å². The van der Waals surface area contributed by atoms with Crippen LogP contribution >= 0.6 is 0 Å². The van der Waals surface area contributed by atoms with Gasteiger partial charge in [0.15, 0.2) is 0 Å². The monoisotopic (exact) mass is 240 g/mol. The predicted octanol–water partition coefficient (Wildman–Crippen LogP) is 1.29. The highest BCUT2D eigenvalue weighted by Crippen LogP contribution is 2.34. The third-order valence-electron chi connectivity index (χ3n) is 4.03. The number of nitrogens with zero attached hydrogens (tertiary/aromatic N) is 1. The second-order valence-electron chi connectivity index (χ2n) is 5.50. The van der Waals surface area contributed by atoms with Gasteiger partial charge in [0.25, 0.3) is 0 Å². The summed E-state index contributed by atoms with van der Waals surface area (Å²) in [5, 5.41) is 12.1. The molecular formula is C12H20N2O3. The van der Waals surface area contributed by atoms with E-state index in [4.69, 9.17) is 5.11 Å². The second kappa shape index (κ2) is 4.20. The van der Waals surface area contributed by atoms with Crippen LogP contribution in [0.2, 0.25) is 0 Å². The zero-order chi connectivity index (χ0) is 12.6. The quantitative estimate of drug-likeness (QED) is 0.781. The van der Waals surface area contributed by atoms with Crippen LogP contribution in [0.3, 0.4) is 0 Å². The second-order valence-corrected chi connectivity index (χ2v) is 5.50. The number of rotatable bonds is 3. The van der Waals surface area contributed by atoms with E-state index in [1.807, 2.05) is 0 Å². The first kappa shape index (κ1) is 12.2. The standard InChI is InChI=1S/C12H20N2O3/c1-3-8-6-9(8)13-11(17)14-5-4-12(2,7-14)10(15)16/h8-9H,3-7H2,1-2H3,(H,13,17)(H,15,16). The summed E-state index contributed by atoms with van der Waals surface area (Å²) in [6.07, 6.45) is 2.70. The number of nitrogens with one attached hydrogen (secondary N) is 1. The topological polar surface area (TPSA) is 69.6 Å². The molecule has 2 aliphatic rings. The fraction of sp³-hybridized carbons (Fsp3) is 0.833. The van der Waals surface area contributed by atoms with Gasteiger partial charge in [-0.2, -0.15) is 0 Å². The molecule has 2 fully saturated rings. The largest absolute Gasteiger partial charge is 0.481 e. The Morgan fingerprint density at radius 2 is 2.24 bits per heavy atom. The number of likely N-dealkylation sites (tertiary alicyclic amines) is 1. The summed E-state index contributed by atoms with van der Waals surface area (Å²) in [5.41, 5.74) is -0.773. The van der Waals surface area contributed by atoms with Crippen LogP contribution in [0, 0.1) is 11.3 Å². The summed E-state index contributed by atoms with van der Waals surface area (Å²) in [7, 11) is 0. The highest BCUT2D eigenvalue weighted by Gasteiger charge is 2.44. The highest BCUT2D eigenvalue weighted by atomic mass is 16.4. The SMILES string of the molecule is CCC1CC1NC(=O)N1CCC(C)(C(=O)O)C1. The summed E-state index contributed by atoms with van der Waals surface area (Å²) in [4.78, 5) is 24.6. The maximum atomic E-state index is 11.9. The van der Waals surface area contributed by atoms with E-state index >= 15 is 0 Å². The van der Waals surface area contributed by atoms with Gasteiger partial charge in [0, 0.05) is 19.1 Å². The van der Waals surface area contributed by atoms with E-state index in [-0.39, 0.29) is 6.03 Å². The van der Waals surface area contributed by atoms with Gasteiger partial charge < -0.3 is 15.3 Å². The number of carboxylic acid groups (broad SMARTS) is 1. The maximum absolute atomic E-state index is 11.9. The van der Waals surface area contributed by atoms with Crippen molar-refractivity contribution in [2.24, 2.45) is 11.3 Å². The lowest BCUT2D eigenvalue weighted by atomic mass is 9.90. The van der Waals surface area contributed by atoms with E-state index in [0.29, 0.717) is 31.5 Å². The first-order valence-electron chi connectivity index (χ1n) is 6.25. The van der Waals surface area contributed by atoms with Gasteiger partial charge in [-0.25, -0.2) is 4.79 Å². The molecule has 1 heterocycles. The summed E-state index contributed by atoms with van der Waals surface area (Å²) < 4.78 is 0. The van der Waals surface area contributed by atoms with Gasteiger partial charge in [-0.15, -0.1) is 0 Å². The molecule has 3 unspecified atom stereocenters. The molecule has 0 aromatic carbocycles. The van der Waals surface area contributed by atoms with Crippen molar-refractivity contribution in [3.63, 3.8) is 0 Å². The van der Waals surface area contributed by atoms with Crippen LogP contribution in [0.1, 0.15) is 33.1 Å². The molecule has 0 radical (unpaired) electrons. The number of hydrogen-bond donors (Lipinski definition) is 2. The van der Waals surface area contributed by atoms with Crippen LogP contribution in [0.5, 0.6) is 0 Å². The van der Waals surface area contributed by atoms with E-state index in [2.05, 4.69) is 12.2 Å². The molecule has 1 saturated heterocycles. The Bertz CT molecular complexity index is 345. The predicted molar refractivity (Wildman–Crippen MR) is 62.7 cm³/mol. The average Bonchev–Trinajstić information content (AvgIpc) is 2.89. The lowest BCUT2D eigenvalue weighted by Gasteiger charge is -2.20. The Kier molecular flexibility index (Phi) is 3.02. The molecule has 1 saturated carbocycles. The molecule has 2 amide bonds. The van der Waals surface area contributed by atoms with Crippen LogP contribution < -0.4 is 5.32 Å². The van der Waals surface area contributed by atoms with E-state index in [0.717, 1.165) is 12.8 Å². The zero-order valence-electron chi connectivity index (χ0n) is 10.4. The Hall–Kier alpha value is -1.26. The highest BCUT2D eigenvalue weighted by molar-refractivity contribution is 5.79. The van der Waals surface area contributed by atoms with Gasteiger partial charge in [0.1, 0.15) is 0 Å². The lowest BCUT2D eigenvalue weighted by molar-refractivity contribution is -0.146. The molecule has 17 heavy (non-hydrogen) atoms. The first-order valence-corrected chi connectivity index (χ1v) is 6.25. The number of carboxylic acids is 1.